The number of amides is 4. The lowest BCUT2D eigenvalue weighted by molar-refractivity contribution is -0.141. The van der Waals surface area contributed by atoms with Gasteiger partial charge in [0.15, 0.2) is 6.61 Å². The summed E-state index contributed by atoms with van der Waals surface area (Å²) in [6, 6.07) is 5.63. The van der Waals surface area contributed by atoms with Gasteiger partial charge in [-0.3, -0.25) is 19.2 Å². The molecule has 14 nitrogen and oxygen atoms in total. The maximum Gasteiger partial charge on any atom is 0.409 e. The molecule has 3 heterocycles. The Hall–Kier alpha value is -4.46. The highest BCUT2D eigenvalue weighted by atomic mass is 16.6. The Bertz CT molecular complexity index is 1370. The fourth-order valence-corrected chi connectivity index (χ4v) is 4.96. The number of ether oxygens (including phenoxy) is 2. The van der Waals surface area contributed by atoms with Crippen molar-refractivity contribution in [3.63, 3.8) is 0 Å². The zero-order valence-corrected chi connectivity index (χ0v) is 24.3. The van der Waals surface area contributed by atoms with Crippen LogP contribution >= 0.6 is 0 Å². The van der Waals surface area contributed by atoms with Crippen LogP contribution in [0.25, 0.3) is 10.9 Å². The van der Waals surface area contributed by atoms with Gasteiger partial charge < -0.3 is 39.7 Å². The minimum atomic E-state index is -1.15. The van der Waals surface area contributed by atoms with E-state index in [4.69, 9.17) is 9.47 Å². The lowest BCUT2D eigenvalue weighted by atomic mass is 10.0. The van der Waals surface area contributed by atoms with Crippen LogP contribution in [-0.4, -0.2) is 125 Å². The van der Waals surface area contributed by atoms with Gasteiger partial charge in [0.1, 0.15) is 17.5 Å². The molecule has 2 aliphatic rings. The molecule has 14 heteroatoms. The molecule has 2 aromatic rings. The number of hydrogen-bond donors (Lipinski definition) is 3. The average molecular weight is 600 g/mol. The van der Waals surface area contributed by atoms with Crippen LogP contribution in [0.4, 0.5) is 4.79 Å². The molecule has 0 saturated carbocycles. The molecule has 3 N–H and O–H groups in total. The number of aliphatic carboxylic acids is 1. The third-order valence-electron chi connectivity index (χ3n) is 7.45. The van der Waals surface area contributed by atoms with Gasteiger partial charge >= 0.3 is 12.1 Å². The number of nitrogens with one attached hydrogen (secondary N) is 1. The Morgan fingerprint density at radius 2 is 1.74 bits per heavy atom. The van der Waals surface area contributed by atoms with E-state index in [1.165, 1.54) is 15.9 Å². The zero-order chi connectivity index (χ0) is 31.1. The molecule has 0 unspecified atom stereocenters. The molecular weight excluding hydrogens is 562 g/mol. The number of carbonyl (C=O) groups excluding carboxylic acids is 4. The molecule has 0 aliphatic carbocycles. The van der Waals surface area contributed by atoms with Crippen molar-refractivity contribution in [2.24, 2.45) is 5.92 Å². The fraction of sp³-hybridized carbons (Fsp3) is 0.517. The van der Waals surface area contributed by atoms with E-state index in [9.17, 15) is 34.2 Å². The Balaban J connectivity index is 1.49. The van der Waals surface area contributed by atoms with Crippen molar-refractivity contribution >= 4 is 40.7 Å². The number of nitrogens with zero attached hydrogens (tertiary/aromatic N) is 4. The highest BCUT2D eigenvalue weighted by molar-refractivity contribution is 5.99. The number of likely N-dealkylation sites (tertiary alicyclic amines) is 1. The van der Waals surface area contributed by atoms with Crippen LogP contribution in [0.1, 0.15) is 35.8 Å². The molecule has 43 heavy (non-hydrogen) atoms. The maximum absolute atomic E-state index is 13.4. The van der Waals surface area contributed by atoms with Crippen LogP contribution in [0.3, 0.4) is 0 Å². The number of aliphatic hydroxyl groups excluding tert-OH is 1. The van der Waals surface area contributed by atoms with Gasteiger partial charge in [-0.15, -0.1) is 0 Å². The van der Waals surface area contributed by atoms with Gasteiger partial charge in [-0.25, -0.2) is 9.78 Å². The van der Waals surface area contributed by atoms with Gasteiger partial charge in [-0.1, -0.05) is 6.07 Å². The standard InChI is InChI=1S/C29H37N5O9/c1-3-42-29(41)33-10-8-32(9-11-33)28(40)21(6-7-26(37)38)31-27(39)23-13-24(20-5-4-18(2)12-22(20)30-23)43-17-25(36)34-14-19(15-34)16-35/h4-5,12-13,19,21,35H,3,6-11,14-17H2,1-2H3,(H,31,39)(H,37,38)/t21-/m0/s1. The van der Waals surface area contributed by atoms with Gasteiger partial charge in [-0.05, 0) is 38.0 Å². The summed E-state index contributed by atoms with van der Waals surface area (Å²) in [7, 11) is 0. The number of piperazine rings is 1. The Morgan fingerprint density at radius 3 is 2.40 bits per heavy atom. The minimum absolute atomic E-state index is 0.0111. The second-order valence-electron chi connectivity index (χ2n) is 10.6. The number of aromatic nitrogens is 1. The first-order chi connectivity index (χ1) is 20.6. The SMILES string of the molecule is CCOC(=O)N1CCN(C(=O)[C@H](CCC(=O)O)NC(=O)c2cc(OCC(=O)N3CC(CO)C3)c3ccc(C)cc3n2)CC1. The molecule has 2 aliphatic heterocycles. The van der Waals surface area contributed by atoms with Crippen LogP contribution in [0.2, 0.25) is 0 Å². The first kappa shape index (κ1) is 31.5. The lowest BCUT2D eigenvalue weighted by Crippen LogP contribution is -2.56. The third kappa shape index (κ3) is 7.89. The summed E-state index contributed by atoms with van der Waals surface area (Å²) in [5, 5.41) is 21.7. The van der Waals surface area contributed by atoms with E-state index in [1.807, 2.05) is 13.0 Å². The highest BCUT2D eigenvalue weighted by Gasteiger charge is 2.32. The summed E-state index contributed by atoms with van der Waals surface area (Å²) in [6.07, 6.45) is -0.969. The first-order valence-electron chi connectivity index (χ1n) is 14.3. The van der Waals surface area contributed by atoms with E-state index in [0.717, 1.165) is 5.56 Å². The smallest absolute Gasteiger partial charge is 0.409 e. The summed E-state index contributed by atoms with van der Waals surface area (Å²) < 4.78 is 10.9. The number of aryl methyl sites for hydroxylation is 1. The van der Waals surface area contributed by atoms with Crippen molar-refractivity contribution in [1.82, 2.24) is 25.0 Å². The van der Waals surface area contributed by atoms with Crippen LogP contribution in [-0.2, 0) is 19.1 Å². The van der Waals surface area contributed by atoms with E-state index in [1.54, 1.807) is 24.0 Å². The first-order valence-corrected chi connectivity index (χ1v) is 14.3. The molecule has 232 valence electrons. The molecule has 2 fully saturated rings. The fourth-order valence-electron chi connectivity index (χ4n) is 4.96. The van der Waals surface area contributed by atoms with Crippen LogP contribution in [0.15, 0.2) is 24.3 Å². The maximum atomic E-state index is 13.4. The van der Waals surface area contributed by atoms with Gasteiger partial charge in [0.25, 0.3) is 11.8 Å². The van der Waals surface area contributed by atoms with E-state index in [0.29, 0.717) is 24.0 Å². The highest BCUT2D eigenvalue weighted by Crippen LogP contribution is 2.27. The van der Waals surface area contributed by atoms with E-state index >= 15 is 0 Å². The number of carbonyl (C=O) groups is 5. The summed E-state index contributed by atoms with van der Waals surface area (Å²) in [5.41, 5.74) is 1.26. The van der Waals surface area contributed by atoms with Gasteiger partial charge in [0, 0.05) is 69.7 Å². The molecular formula is C29H37N5O9. The van der Waals surface area contributed by atoms with Crippen LogP contribution < -0.4 is 10.1 Å². The zero-order valence-electron chi connectivity index (χ0n) is 24.3. The van der Waals surface area contributed by atoms with Gasteiger partial charge in [0.2, 0.25) is 5.91 Å². The number of benzene rings is 1. The van der Waals surface area contributed by atoms with Crippen LogP contribution in [0, 0.1) is 12.8 Å². The normalized spacial score (nSPS) is 15.9. The topological polar surface area (TPSA) is 179 Å². The number of hydrogen-bond acceptors (Lipinski definition) is 9. The quantitative estimate of drug-likeness (QED) is 0.332. The van der Waals surface area contributed by atoms with Crippen molar-refractivity contribution in [2.75, 3.05) is 59.1 Å². The molecule has 4 rings (SSSR count). The third-order valence-corrected chi connectivity index (χ3v) is 7.45. The number of pyridine rings is 1. The molecule has 2 saturated heterocycles. The minimum Gasteiger partial charge on any atom is -0.483 e. The van der Waals surface area contributed by atoms with E-state index in [-0.39, 0.29) is 82.1 Å². The second-order valence-corrected chi connectivity index (χ2v) is 10.6. The van der Waals surface area contributed by atoms with Crippen molar-refractivity contribution in [3.05, 3.63) is 35.5 Å². The summed E-state index contributed by atoms with van der Waals surface area (Å²) in [4.78, 5) is 71.8. The van der Waals surface area contributed by atoms with Crippen molar-refractivity contribution in [3.8, 4) is 5.75 Å². The van der Waals surface area contributed by atoms with E-state index in [2.05, 4.69) is 10.3 Å². The van der Waals surface area contributed by atoms with Crippen molar-refractivity contribution < 1.29 is 43.7 Å². The Morgan fingerprint density at radius 1 is 1.05 bits per heavy atom. The number of rotatable bonds is 11. The Labute approximate surface area is 248 Å². The van der Waals surface area contributed by atoms with Gasteiger partial charge in [-0.2, -0.15) is 0 Å². The molecule has 1 aromatic carbocycles. The van der Waals surface area contributed by atoms with Gasteiger partial charge in [0.05, 0.1) is 12.1 Å². The molecule has 0 spiro atoms. The van der Waals surface area contributed by atoms with Crippen molar-refractivity contribution in [2.45, 2.75) is 32.7 Å². The van der Waals surface area contributed by atoms with Crippen LogP contribution in [0.5, 0.6) is 5.75 Å². The predicted octanol–water partition coefficient (Wildman–Crippen LogP) is 0.637. The lowest BCUT2D eigenvalue weighted by Gasteiger charge is -2.38. The number of aliphatic hydroxyl groups is 1. The molecule has 0 radical (unpaired) electrons. The molecule has 4 amide bonds. The second kappa shape index (κ2) is 14.1. The summed E-state index contributed by atoms with van der Waals surface area (Å²) in [5.74, 6) is -2.23. The Kier molecular flexibility index (Phi) is 10.3. The molecule has 1 atom stereocenters. The van der Waals surface area contributed by atoms with Crippen molar-refractivity contribution in [1.29, 1.82) is 0 Å². The number of carboxylic acid groups (broad SMARTS) is 1. The largest absolute Gasteiger partial charge is 0.483 e. The number of carboxylic acids is 1. The number of fused-ring (bicyclic) bond motifs is 1. The molecule has 1 aromatic heterocycles. The molecule has 0 bridgehead atoms. The monoisotopic (exact) mass is 599 g/mol. The van der Waals surface area contributed by atoms with E-state index < -0.39 is 29.9 Å². The average Bonchev–Trinajstić information content (AvgIpc) is 2.96. The summed E-state index contributed by atoms with van der Waals surface area (Å²) >= 11 is 0. The summed E-state index contributed by atoms with van der Waals surface area (Å²) in [6.45, 7) is 5.33. The predicted molar refractivity (Wildman–Crippen MR) is 152 cm³/mol.